The molecule has 0 aromatic heterocycles. The molecule has 0 aliphatic heterocycles. The Morgan fingerprint density at radius 2 is 0.725 bits per heavy atom. The zero-order valence-electron chi connectivity index (χ0n) is 22.2. The van der Waals surface area contributed by atoms with Crippen LogP contribution in [0, 0.1) is 0 Å². The molecule has 0 spiro atoms. The monoisotopic (exact) mass is 524 g/mol. The third-order valence-electron chi connectivity index (χ3n) is 6.98. The van der Waals surface area contributed by atoms with Gasteiger partial charge in [0.25, 0.3) is 0 Å². The van der Waals surface area contributed by atoms with E-state index >= 15 is 0 Å². The lowest BCUT2D eigenvalue weighted by Gasteiger charge is -2.19. The number of benzene rings is 5. The van der Waals surface area contributed by atoms with Crippen LogP contribution in [0.25, 0.3) is 0 Å². The fraction of sp³-hybridized carbons (Fsp3) is 0.111. The van der Waals surface area contributed by atoms with Gasteiger partial charge in [-0.25, -0.2) is 0 Å². The van der Waals surface area contributed by atoms with Crippen LogP contribution >= 0.6 is 0 Å². The maximum atomic E-state index is 13.4. The highest BCUT2D eigenvalue weighted by atomic mass is 16.2. The molecular formula is C36H32N2O2. The normalized spacial score (nSPS) is 10.8. The maximum absolute atomic E-state index is 13.4. The number of carbonyl (C=O) groups is 2. The van der Waals surface area contributed by atoms with Crippen molar-refractivity contribution in [2.45, 2.75) is 24.9 Å². The molecule has 0 fully saturated rings. The molecule has 198 valence electrons. The lowest BCUT2D eigenvalue weighted by molar-refractivity contribution is -0.122. The van der Waals surface area contributed by atoms with E-state index in [-0.39, 0.29) is 11.8 Å². The number of nitrogens with one attached hydrogen (secondary N) is 2. The van der Waals surface area contributed by atoms with Crippen molar-refractivity contribution in [1.82, 2.24) is 10.6 Å². The number of hydrogen-bond acceptors (Lipinski definition) is 2. The molecule has 0 aliphatic carbocycles. The third-order valence-corrected chi connectivity index (χ3v) is 6.98. The standard InChI is InChI=1S/C36H32N2O2/c39-35(33(29-16-5-1-6-17-29)30-18-7-2-8-19-30)37-25-27-14-13-15-28(24-27)26-38-36(40)34(31-20-9-3-10-21-31)32-22-11-4-12-23-32/h1-24,33-34H,25-26H2,(H,37,39)(H,38,40). The van der Waals surface area contributed by atoms with E-state index in [1.807, 2.05) is 146 Å². The van der Waals surface area contributed by atoms with Crippen LogP contribution in [0.5, 0.6) is 0 Å². The highest BCUT2D eigenvalue weighted by Gasteiger charge is 2.23. The zero-order valence-corrected chi connectivity index (χ0v) is 22.2. The van der Waals surface area contributed by atoms with Crippen molar-refractivity contribution in [2.24, 2.45) is 0 Å². The van der Waals surface area contributed by atoms with Gasteiger partial charge in [-0.3, -0.25) is 9.59 Å². The van der Waals surface area contributed by atoms with Crippen molar-refractivity contribution < 1.29 is 9.59 Å². The lowest BCUT2D eigenvalue weighted by Crippen LogP contribution is -2.30. The minimum absolute atomic E-state index is 0.0512. The molecule has 5 aromatic rings. The number of hydrogen-bond donors (Lipinski definition) is 2. The first-order valence-electron chi connectivity index (χ1n) is 13.5. The smallest absolute Gasteiger partial charge is 0.232 e. The Kier molecular flexibility index (Phi) is 8.80. The second kappa shape index (κ2) is 13.2. The Labute approximate surface area is 235 Å². The number of rotatable bonds is 10. The summed E-state index contributed by atoms with van der Waals surface area (Å²) in [6.45, 7) is 0.793. The van der Waals surface area contributed by atoms with Gasteiger partial charge >= 0.3 is 0 Å². The van der Waals surface area contributed by atoms with Crippen LogP contribution in [0.2, 0.25) is 0 Å². The minimum Gasteiger partial charge on any atom is -0.351 e. The van der Waals surface area contributed by atoms with Crippen molar-refractivity contribution in [3.05, 3.63) is 179 Å². The topological polar surface area (TPSA) is 58.2 Å². The van der Waals surface area contributed by atoms with Crippen LogP contribution in [-0.4, -0.2) is 11.8 Å². The van der Waals surface area contributed by atoms with Crippen molar-refractivity contribution in [2.75, 3.05) is 0 Å². The van der Waals surface area contributed by atoms with Gasteiger partial charge in [0.15, 0.2) is 0 Å². The van der Waals surface area contributed by atoms with Gasteiger partial charge in [0.05, 0.1) is 11.8 Å². The van der Waals surface area contributed by atoms with E-state index < -0.39 is 11.8 Å². The summed E-state index contributed by atoms with van der Waals surface area (Å²) in [5.74, 6) is -0.884. The molecule has 2 amide bonds. The Morgan fingerprint density at radius 3 is 1.02 bits per heavy atom. The van der Waals surface area contributed by atoms with Gasteiger partial charge in [0, 0.05) is 13.1 Å². The second-order valence-corrected chi connectivity index (χ2v) is 9.76. The third kappa shape index (κ3) is 6.72. The predicted octanol–water partition coefficient (Wildman–Crippen LogP) is 6.58. The summed E-state index contributed by atoms with van der Waals surface area (Å²) < 4.78 is 0. The molecule has 2 N–H and O–H groups in total. The van der Waals surface area contributed by atoms with Crippen molar-refractivity contribution in [1.29, 1.82) is 0 Å². The Morgan fingerprint density at radius 1 is 0.425 bits per heavy atom. The molecule has 5 rings (SSSR count). The molecule has 0 unspecified atom stereocenters. The Balaban J connectivity index is 1.25. The first-order valence-corrected chi connectivity index (χ1v) is 13.5. The van der Waals surface area contributed by atoms with Gasteiger partial charge in [0.1, 0.15) is 0 Å². The van der Waals surface area contributed by atoms with Crippen molar-refractivity contribution >= 4 is 11.8 Å². The molecule has 4 nitrogen and oxygen atoms in total. The molecule has 0 bridgehead atoms. The number of carbonyl (C=O) groups excluding carboxylic acids is 2. The van der Waals surface area contributed by atoms with E-state index in [2.05, 4.69) is 10.6 Å². The molecule has 0 atom stereocenters. The molecule has 0 radical (unpaired) electrons. The Hall–Kier alpha value is -4.96. The van der Waals surface area contributed by atoms with Gasteiger partial charge in [-0.2, -0.15) is 0 Å². The van der Waals surface area contributed by atoms with Gasteiger partial charge in [-0.05, 0) is 33.4 Å². The largest absolute Gasteiger partial charge is 0.351 e. The molecule has 4 heteroatoms. The van der Waals surface area contributed by atoms with E-state index in [0.29, 0.717) is 13.1 Å². The molecule has 0 saturated carbocycles. The summed E-state index contributed by atoms with van der Waals surface area (Å²) in [5, 5.41) is 6.25. The average molecular weight is 525 g/mol. The highest BCUT2D eigenvalue weighted by Crippen LogP contribution is 2.26. The fourth-order valence-electron chi connectivity index (χ4n) is 5.00. The molecule has 40 heavy (non-hydrogen) atoms. The first-order chi connectivity index (χ1) is 19.7. The first kappa shape index (κ1) is 26.6. The van der Waals surface area contributed by atoms with Gasteiger partial charge in [-0.15, -0.1) is 0 Å². The van der Waals surface area contributed by atoms with Crippen molar-refractivity contribution in [3.63, 3.8) is 0 Å². The van der Waals surface area contributed by atoms with Crippen LogP contribution < -0.4 is 10.6 Å². The van der Waals surface area contributed by atoms with E-state index in [0.717, 1.165) is 33.4 Å². The molecule has 0 saturated heterocycles. The summed E-state index contributed by atoms with van der Waals surface area (Å²) in [7, 11) is 0. The van der Waals surface area contributed by atoms with E-state index in [1.54, 1.807) is 0 Å². The summed E-state index contributed by atoms with van der Waals surface area (Å²) in [6.07, 6.45) is 0. The highest BCUT2D eigenvalue weighted by molar-refractivity contribution is 5.87. The van der Waals surface area contributed by atoms with Gasteiger partial charge in [0.2, 0.25) is 11.8 Å². The zero-order chi connectivity index (χ0) is 27.6. The van der Waals surface area contributed by atoms with Crippen LogP contribution in [-0.2, 0) is 22.7 Å². The predicted molar refractivity (Wildman–Crippen MR) is 160 cm³/mol. The summed E-state index contributed by atoms with van der Waals surface area (Å²) >= 11 is 0. The van der Waals surface area contributed by atoms with E-state index in [9.17, 15) is 9.59 Å². The summed E-state index contributed by atoms with van der Waals surface area (Å²) in [4.78, 5) is 26.8. The number of amides is 2. The quantitative estimate of drug-likeness (QED) is 0.217. The SMILES string of the molecule is O=C(NCc1cccc(CNC(=O)C(c2ccccc2)c2ccccc2)c1)C(c1ccccc1)c1ccccc1. The minimum atomic E-state index is -0.391. The van der Waals surface area contributed by atoms with Crippen LogP contribution in [0.4, 0.5) is 0 Å². The Bertz CT molecular complexity index is 1330. The van der Waals surface area contributed by atoms with Crippen LogP contribution in [0.1, 0.15) is 45.2 Å². The molecule has 0 heterocycles. The average Bonchev–Trinajstić information content (AvgIpc) is 3.02. The summed E-state index contributed by atoms with van der Waals surface area (Å²) in [6, 6.07) is 47.3. The van der Waals surface area contributed by atoms with Crippen LogP contribution in [0.3, 0.4) is 0 Å². The van der Waals surface area contributed by atoms with Crippen molar-refractivity contribution in [3.8, 4) is 0 Å². The van der Waals surface area contributed by atoms with Gasteiger partial charge < -0.3 is 10.6 Å². The van der Waals surface area contributed by atoms with E-state index in [4.69, 9.17) is 0 Å². The maximum Gasteiger partial charge on any atom is 0.232 e. The van der Waals surface area contributed by atoms with Crippen LogP contribution in [0.15, 0.2) is 146 Å². The second-order valence-electron chi connectivity index (χ2n) is 9.76. The molecular weight excluding hydrogens is 492 g/mol. The summed E-state index contributed by atoms with van der Waals surface area (Å²) in [5.41, 5.74) is 5.76. The molecule has 5 aromatic carbocycles. The van der Waals surface area contributed by atoms with E-state index in [1.165, 1.54) is 0 Å². The fourth-order valence-corrected chi connectivity index (χ4v) is 5.00. The lowest BCUT2D eigenvalue weighted by atomic mass is 9.90. The molecule has 0 aliphatic rings. The van der Waals surface area contributed by atoms with Gasteiger partial charge in [-0.1, -0.05) is 146 Å².